The van der Waals surface area contributed by atoms with Crippen molar-refractivity contribution in [2.24, 2.45) is 5.92 Å². The SMILES string of the molecule is CC[C@H](C)c1ccc(S(=O)(=O)NNC(=O)[C@H]2CCS(=O)(=O)C2)cc1. The third kappa shape index (κ3) is 4.55. The van der Waals surface area contributed by atoms with Crippen molar-refractivity contribution in [3.8, 4) is 0 Å². The highest BCUT2D eigenvalue weighted by atomic mass is 32.2. The van der Waals surface area contributed by atoms with E-state index < -0.39 is 31.7 Å². The van der Waals surface area contributed by atoms with Gasteiger partial charge in [0.15, 0.2) is 9.84 Å². The number of benzene rings is 1. The molecule has 2 N–H and O–H groups in total. The summed E-state index contributed by atoms with van der Waals surface area (Å²) in [6.07, 6.45) is 1.16. The van der Waals surface area contributed by atoms with Gasteiger partial charge in [-0.15, -0.1) is 4.83 Å². The van der Waals surface area contributed by atoms with Crippen molar-refractivity contribution in [3.63, 3.8) is 0 Å². The lowest BCUT2D eigenvalue weighted by molar-refractivity contribution is -0.124. The van der Waals surface area contributed by atoms with Crippen LogP contribution in [0.4, 0.5) is 0 Å². The molecule has 2 atom stereocenters. The van der Waals surface area contributed by atoms with Gasteiger partial charge in [-0.05, 0) is 36.5 Å². The Morgan fingerprint density at radius 1 is 1.29 bits per heavy atom. The second-order valence-corrected chi connectivity index (χ2v) is 9.98. The number of hydrogen-bond acceptors (Lipinski definition) is 5. The Morgan fingerprint density at radius 2 is 1.92 bits per heavy atom. The summed E-state index contributed by atoms with van der Waals surface area (Å²) in [6, 6.07) is 6.45. The van der Waals surface area contributed by atoms with Gasteiger partial charge in [0.05, 0.1) is 22.3 Å². The standard InChI is InChI=1S/C15H22N2O5S2/c1-3-11(2)12-4-6-14(7-5-12)24(21,22)17-16-15(18)13-8-9-23(19,20)10-13/h4-7,11,13,17H,3,8-10H2,1-2H3,(H,16,18)/t11-,13-/m0/s1. The van der Waals surface area contributed by atoms with Crippen LogP contribution in [0.5, 0.6) is 0 Å². The second kappa shape index (κ2) is 7.20. The molecule has 1 aromatic carbocycles. The molecule has 0 radical (unpaired) electrons. The molecule has 0 aromatic heterocycles. The van der Waals surface area contributed by atoms with E-state index in [4.69, 9.17) is 0 Å². The molecule has 134 valence electrons. The highest BCUT2D eigenvalue weighted by molar-refractivity contribution is 7.91. The van der Waals surface area contributed by atoms with Crippen molar-refractivity contribution in [1.29, 1.82) is 0 Å². The molecular weight excluding hydrogens is 352 g/mol. The van der Waals surface area contributed by atoms with Crippen LogP contribution in [0.2, 0.25) is 0 Å². The number of hydrazine groups is 1. The molecule has 0 saturated carbocycles. The Morgan fingerprint density at radius 3 is 2.42 bits per heavy atom. The van der Waals surface area contributed by atoms with Crippen molar-refractivity contribution in [1.82, 2.24) is 10.3 Å². The predicted molar refractivity (Wildman–Crippen MR) is 90.4 cm³/mol. The van der Waals surface area contributed by atoms with E-state index in [9.17, 15) is 21.6 Å². The van der Waals surface area contributed by atoms with Crippen LogP contribution in [0.15, 0.2) is 29.2 Å². The van der Waals surface area contributed by atoms with E-state index >= 15 is 0 Å². The zero-order valence-electron chi connectivity index (χ0n) is 13.7. The quantitative estimate of drug-likeness (QED) is 0.720. The third-order valence-corrected chi connectivity index (χ3v) is 7.32. The molecule has 1 saturated heterocycles. The molecule has 2 rings (SSSR count). The number of rotatable bonds is 6. The van der Waals surface area contributed by atoms with Gasteiger partial charge in [-0.1, -0.05) is 26.0 Å². The van der Waals surface area contributed by atoms with Gasteiger partial charge in [0.2, 0.25) is 5.91 Å². The molecule has 7 nitrogen and oxygen atoms in total. The van der Waals surface area contributed by atoms with Crippen LogP contribution < -0.4 is 10.3 Å². The van der Waals surface area contributed by atoms with E-state index in [1.165, 1.54) is 12.1 Å². The van der Waals surface area contributed by atoms with E-state index in [0.717, 1.165) is 12.0 Å². The van der Waals surface area contributed by atoms with Crippen LogP contribution in [0.1, 0.15) is 38.2 Å². The molecule has 9 heteroatoms. The minimum atomic E-state index is -3.89. The minimum Gasteiger partial charge on any atom is -0.277 e. The maximum Gasteiger partial charge on any atom is 0.257 e. The largest absolute Gasteiger partial charge is 0.277 e. The molecule has 1 aliphatic rings. The smallest absolute Gasteiger partial charge is 0.257 e. The third-order valence-electron chi connectivity index (χ3n) is 4.28. The van der Waals surface area contributed by atoms with Crippen LogP contribution in [-0.4, -0.2) is 34.2 Å². The van der Waals surface area contributed by atoms with E-state index in [1.54, 1.807) is 12.1 Å². The highest BCUT2D eigenvalue weighted by Crippen LogP contribution is 2.21. The van der Waals surface area contributed by atoms with Crippen molar-refractivity contribution in [2.45, 2.75) is 37.5 Å². The van der Waals surface area contributed by atoms with Gasteiger partial charge < -0.3 is 0 Å². The first kappa shape index (κ1) is 18.9. The summed E-state index contributed by atoms with van der Waals surface area (Å²) in [6.45, 7) is 4.10. The molecule has 0 spiro atoms. The Bertz CT molecular complexity index is 801. The van der Waals surface area contributed by atoms with Gasteiger partial charge in [-0.3, -0.25) is 10.2 Å². The zero-order chi connectivity index (χ0) is 18.0. The summed E-state index contributed by atoms with van der Waals surface area (Å²) in [4.78, 5) is 13.9. The molecule has 1 aliphatic heterocycles. The van der Waals surface area contributed by atoms with Gasteiger partial charge in [-0.2, -0.15) is 0 Å². The van der Waals surface area contributed by atoms with Crippen molar-refractivity contribution >= 4 is 25.8 Å². The summed E-state index contributed by atoms with van der Waals surface area (Å²) in [7, 11) is -7.09. The number of carbonyl (C=O) groups excluding carboxylic acids is 1. The minimum absolute atomic E-state index is 0.0360. The molecule has 1 heterocycles. The van der Waals surface area contributed by atoms with Gasteiger partial charge in [0, 0.05) is 0 Å². The summed E-state index contributed by atoms with van der Waals surface area (Å²) in [5.74, 6) is -1.31. The number of hydrogen-bond donors (Lipinski definition) is 2. The maximum absolute atomic E-state index is 12.2. The fourth-order valence-electron chi connectivity index (χ4n) is 2.49. The first-order valence-electron chi connectivity index (χ1n) is 7.76. The van der Waals surface area contributed by atoms with Gasteiger partial charge in [0.1, 0.15) is 0 Å². The Labute approximate surface area is 142 Å². The average Bonchev–Trinajstić information content (AvgIpc) is 2.92. The summed E-state index contributed by atoms with van der Waals surface area (Å²) >= 11 is 0. The average molecular weight is 374 g/mol. The van der Waals surface area contributed by atoms with Crippen molar-refractivity contribution in [3.05, 3.63) is 29.8 Å². The second-order valence-electron chi connectivity index (χ2n) is 6.07. The maximum atomic E-state index is 12.2. The number of amides is 1. The number of sulfone groups is 1. The first-order valence-corrected chi connectivity index (χ1v) is 11.1. The fourth-order valence-corrected chi connectivity index (χ4v) is 5.08. The number of carbonyl (C=O) groups is 1. The van der Waals surface area contributed by atoms with E-state index in [-0.39, 0.29) is 22.8 Å². The lowest BCUT2D eigenvalue weighted by atomic mass is 9.99. The van der Waals surface area contributed by atoms with Crippen LogP contribution >= 0.6 is 0 Å². The summed E-state index contributed by atoms with van der Waals surface area (Å²) in [5, 5.41) is 0. The fraction of sp³-hybridized carbons (Fsp3) is 0.533. The topological polar surface area (TPSA) is 109 Å². The zero-order valence-corrected chi connectivity index (χ0v) is 15.3. The molecule has 24 heavy (non-hydrogen) atoms. The number of nitrogens with one attached hydrogen (secondary N) is 2. The lowest BCUT2D eigenvalue weighted by Gasteiger charge is -2.13. The van der Waals surface area contributed by atoms with E-state index in [1.807, 2.05) is 4.83 Å². The molecule has 0 unspecified atom stereocenters. The van der Waals surface area contributed by atoms with Gasteiger partial charge >= 0.3 is 0 Å². The molecule has 1 fully saturated rings. The van der Waals surface area contributed by atoms with Crippen LogP contribution in [0, 0.1) is 5.92 Å². The number of sulfonamides is 1. The lowest BCUT2D eigenvalue weighted by Crippen LogP contribution is -2.44. The normalized spacial score (nSPS) is 21.3. The highest BCUT2D eigenvalue weighted by Gasteiger charge is 2.33. The Kier molecular flexibility index (Phi) is 5.67. The van der Waals surface area contributed by atoms with Crippen LogP contribution in [-0.2, 0) is 24.7 Å². The molecule has 0 bridgehead atoms. The van der Waals surface area contributed by atoms with Gasteiger partial charge in [-0.25, -0.2) is 16.8 Å². The summed E-state index contributed by atoms with van der Waals surface area (Å²) < 4.78 is 47.1. The molecule has 0 aliphatic carbocycles. The van der Waals surface area contributed by atoms with E-state index in [0.29, 0.717) is 5.92 Å². The summed E-state index contributed by atoms with van der Waals surface area (Å²) in [5.41, 5.74) is 3.15. The van der Waals surface area contributed by atoms with Crippen LogP contribution in [0.25, 0.3) is 0 Å². The van der Waals surface area contributed by atoms with Crippen molar-refractivity contribution < 1.29 is 21.6 Å². The van der Waals surface area contributed by atoms with Crippen molar-refractivity contribution in [2.75, 3.05) is 11.5 Å². The molecule has 1 amide bonds. The molecular formula is C15H22N2O5S2. The van der Waals surface area contributed by atoms with E-state index in [2.05, 4.69) is 19.3 Å². The first-order chi connectivity index (χ1) is 11.1. The van der Waals surface area contributed by atoms with Gasteiger partial charge in [0.25, 0.3) is 10.0 Å². The molecule has 1 aromatic rings. The monoisotopic (exact) mass is 374 g/mol. The Hall–Kier alpha value is -1.45. The predicted octanol–water partition coefficient (Wildman–Crippen LogP) is 0.944. The van der Waals surface area contributed by atoms with Crippen LogP contribution in [0.3, 0.4) is 0 Å². The Balaban J connectivity index is 2.00.